The molecule has 1 atom stereocenters. The lowest BCUT2D eigenvalue weighted by atomic mass is 10.0. The van der Waals surface area contributed by atoms with Gasteiger partial charge in [0.1, 0.15) is 5.60 Å². The maximum Gasteiger partial charge on any atom is 0.127 e. The van der Waals surface area contributed by atoms with Crippen LogP contribution in [0.2, 0.25) is 0 Å². The van der Waals surface area contributed by atoms with Crippen LogP contribution in [-0.2, 0) is 10.3 Å². The zero-order valence-electron chi connectivity index (χ0n) is 7.32. The third kappa shape index (κ3) is 2.03. The van der Waals surface area contributed by atoms with E-state index in [2.05, 4.69) is 4.98 Å². The molecule has 3 nitrogen and oxygen atoms in total. The van der Waals surface area contributed by atoms with Crippen molar-refractivity contribution < 1.29 is 9.84 Å². The Morgan fingerprint density at radius 3 is 2.83 bits per heavy atom. The fraction of sp³-hybridized carbons (Fsp3) is 0.444. The summed E-state index contributed by atoms with van der Waals surface area (Å²) in [4.78, 5) is 4.04. The normalized spacial score (nSPS) is 15.6. The molecule has 3 heteroatoms. The lowest BCUT2D eigenvalue weighted by Crippen LogP contribution is -2.28. The molecule has 1 heterocycles. The van der Waals surface area contributed by atoms with Crippen molar-refractivity contribution in [3.63, 3.8) is 0 Å². The number of nitrogens with zero attached hydrogens (tertiary/aromatic N) is 1. The third-order valence-corrected chi connectivity index (χ3v) is 1.64. The largest absolute Gasteiger partial charge is 0.381 e. The number of aliphatic hydroxyl groups is 1. The van der Waals surface area contributed by atoms with E-state index in [1.807, 2.05) is 12.1 Å². The summed E-state index contributed by atoms with van der Waals surface area (Å²) < 4.78 is 4.87. The summed E-state index contributed by atoms with van der Waals surface area (Å²) in [6, 6.07) is 5.43. The lowest BCUT2D eigenvalue weighted by molar-refractivity contribution is -0.0239. The Hall–Kier alpha value is -0.930. The van der Waals surface area contributed by atoms with Crippen molar-refractivity contribution in [3.8, 4) is 0 Å². The van der Waals surface area contributed by atoms with E-state index >= 15 is 0 Å². The van der Waals surface area contributed by atoms with Crippen molar-refractivity contribution in [1.29, 1.82) is 0 Å². The smallest absolute Gasteiger partial charge is 0.127 e. The summed E-state index contributed by atoms with van der Waals surface area (Å²) in [5.74, 6) is 0. The topological polar surface area (TPSA) is 42.4 Å². The summed E-state index contributed by atoms with van der Waals surface area (Å²) in [6.07, 6.45) is 1.65. The summed E-state index contributed by atoms with van der Waals surface area (Å²) in [5.41, 5.74) is -0.359. The van der Waals surface area contributed by atoms with Crippen molar-refractivity contribution in [2.24, 2.45) is 0 Å². The first-order chi connectivity index (χ1) is 5.67. The highest BCUT2D eigenvalue weighted by Gasteiger charge is 2.23. The van der Waals surface area contributed by atoms with Crippen LogP contribution in [0.5, 0.6) is 0 Å². The molecule has 1 N–H and O–H groups in total. The fourth-order valence-corrected chi connectivity index (χ4v) is 1.04. The highest BCUT2D eigenvalue weighted by molar-refractivity contribution is 5.11. The lowest BCUT2D eigenvalue weighted by Gasteiger charge is -2.20. The predicted molar refractivity (Wildman–Crippen MR) is 45.7 cm³/mol. The number of rotatable bonds is 3. The fourth-order valence-electron chi connectivity index (χ4n) is 1.04. The van der Waals surface area contributed by atoms with Gasteiger partial charge in [-0.15, -0.1) is 0 Å². The molecule has 0 aliphatic heterocycles. The zero-order valence-corrected chi connectivity index (χ0v) is 7.32. The average molecular weight is 167 g/mol. The SMILES string of the molecule is COCC(C)(O)c1ccccn1. The van der Waals surface area contributed by atoms with Crippen molar-refractivity contribution in [2.45, 2.75) is 12.5 Å². The van der Waals surface area contributed by atoms with Crippen LogP contribution in [0.15, 0.2) is 24.4 Å². The molecule has 12 heavy (non-hydrogen) atoms. The maximum absolute atomic E-state index is 9.80. The van der Waals surface area contributed by atoms with E-state index in [9.17, 15) is 5.11 Å². The second-order valence-electron chi connectivity index (χ2n) is 2.92. The molecule has 0 fully saturated rings. The number of hydrogen-bond acceptors (Lipinski definition) is 3. The van der Waals surface area contributed by atoms with Crippen LogP contribution in [-0.4, -0.2) is 23.8 Å². The van der Waals surface area contributed by atoms with Crippen LogP contribution < -0.4 is 0 Å². The van der Waals surface area contributed by atoms with Gasteiger partial charge in [0.15, 0.2) is 0 Å². The highest BCUT2D eigenvalue weighted by atomic mass is 16.5. The molecular formula is C9H13NO2. The van der Waals surface area contributed by atoms with Gasteiger partial charge in [-0.05, 0) is 19.1 Å². The maximum atomic E-state index is 9.80. The van der Waals surface area contributed by atoms with Gasteiger partial charge in [0.05, 0.1) is 12.3 Å². The number of aromatic nitrogens is 1. The van der Waals surface area contributed by atoms with Gasteiger partial charge in [0.25, 0.3) is 0 Å². The van der Waals surface area contributed by atoms with Gasteiger partial charge < -0.3 is 9.84 Å². The molecule has 1 rings (SSSR count). The van der Waals surface area contributed by atoms with E-state index in [0.29, 0.717) is 5.69 Å². The summed E-state index contributed by atoms with van der Waals surface area (Å²) in [6.45, 7) is 1.93. The van der Waals surface area contributed by atoms with Gasteiger partial charge >= 0.3 is 0 Å². The van der Waals surface area contributed by atoms with E-state index in [0.717, 1.165) is 0 Å². The van der Waals surface area contributed by atoms with E-state index in [-0.39, 0.29) is 6.61 Å². The summed E-state index contributed by atoms with van der Waals surface area (Å²) in [7, 11) is 1.55. The van der Waals surface area contributed by atoms with Crippen LogP contribution >= 0.6 is 0 Å². The Balaban J connectivity index is 2.82. The van der Waals surface area contributed by atoms with Gasteiger partial charge in [-0.1, -0.05) is 6.07 Å². The van der Waals surface area contributed by atoms with Crippen LogP contribution in [0.1, 0.15) is 12.6 Å². The Morgan fingerprint density at radius 2 is 2.33 bits per heavy atom. The molecule has 0 radical (unpaired) electrons. The van der Waals surface area contributed by atoms with Crippen LogP contribution in [0.3, 0.4) is 0 Å². The first-order valence-corrected chi connectivity index (χ1v) is 3.79. The second-order valence-corrected chi connectivity index (χ2v) is 2.92. The van der Waals surface area contributed by atoms with Gasteiger partial charge in [0, 0.05) is 13.3 Å². The molecule has 1 aromatic heterocycles. The van der Waals surface area contributed by atoms with E-state index in [1.165, 1.54) is 0 Å². The molecule has 0 saturated carbocycles. The van der Waals surface area contributed by atoms with Gasteiger partial charge in [-0.25, -0.2) is 0 Å². The Kier molecular flexibility index (Phi) is 2.78. The van der Waals surface area contributed by atoms with Crippen molar-refractivity contribution >= 4 is 0 Å². The van der Waals surface area contributed by atoms with E-state index in [4.69, 9.17) is 4.74 Å². The number of pyridine rings is 1. The summed E-state index contributed by atoms with van der Waals surface area (Å²) >= 11 is 0. The molecule has 0 amide bonds. The Labute approximate surface area is 72.0 Å². The number of methoxy groups -OCH3 is 1. The van der Waals surface area contributed by atoms with Crippen LogP contribution in [0.4, 0.5) is 0 Å². The van der Waals surface area contributed by atoms with Crippen molar-refractivity contribution in [3.05, 3.63) is 30.1 Å². The van der Waals surface area contributed by atoms with E-state index < -0.39 is 5.60 Å². The average Bonchev–Trinajstić information content (AvgIpc) is 2.06. The van der Waals surface area contributed by atoms with Gasteiger partial charge in [-0.3, -0.25) is 4.98 Å². The monoisotopic (exact) mass is 167 g/mol. The molecule has 1 unspecified atom stereocenters. The van der Waals surface area contributed by atoms with Crippen LogP contribution in [0.25, 0.3) is 0 Å². The molecule has 66 valence electrons. The van der Waals surface area contributed by atoms with Crippen molar-refractivity contribution in [1.82, 2.24) is 4.98 Å². The minimum absolute atomic E-state index is 0.254. The van der Waals surface area contributed by atoms with Crippen LogP contribution in [0, 0.1) is 0 Å². The molecule has 0 saturated heterocycles. The molecule has 0 bridgehead atoms. The molecule has 0 aliphatic carbocycles. The minimum Gasteiger partial charge on any atom is -0.381 e. The first kappa shape index (κ1) is 9.16. The quantitative estimate of drug-likeness (QED) is 0.728. The predicted octanol–water partition coefficient (Wildman–Crippen LogP) is 0.935. The standard InChI is InChI=1S/C9H13NO2/c1-9(11,7-12-2)8-5-3-4-6-10-8/h3-6,11H,7H2,1-2H3. The Morgan fingerprint density at radius 1 is 1.58 bits per heavy atom. The highest BCUT2D eigenvalue weighted by Crippen LogP contribution is 2.17. The molecule has 0 spiro atoms. The minimum atomic E-state index is -0.990. The van der Waals surface area contributed by atoms with E-state index in [1.54, 1.807) is 26.3 Å². The third-order valence-electron chi connectivity index (χ3n) is 1.64. The Bertz CT molecular complexity index is 234. The molecule has 0 aliphatic rings. The molecular weight excluding hydrogens is 154 g/mol. The zero-order chi connectivity index (χ0) is 9.03. The number of ether oxygens (including phenoxy) is 1. The van der Waals surface area contributed by atoms with Crippen molar-refractivity contribution in [2.75, 3.05) is 13.7 Å². The van der Waals surface area contributed by atoms with Gasteiger partial charge in [-0.2, -0.15) is 0 Å². The second kappa shape index (κ2) is 3.65. The van der Waals surface area contributed by atoms with Gasteiger partial charge in [0.2, 0.25) is 0 Å². The molecule has 1 aromatic rings. The first-order valence-electron chi connectivity index (χ1n) is 3.79. The number of hydrogen-bond donors (Lipinski definition) is 1. The summed E-state index contributed by atoms with van der Waals surface area (Å²) in [5, 5.41) is 9.80. The molecule has 0 aromatic carbocycles.